The van der Waals surface area contributed by atoms with Gasteiger partial charge in [-0.3, -0.25) is 4.79 Å². The maximum absolute atomic E-state index is 12.0. The van der Waals surface area contributed by atoms with E-state index in [1.807, 2.05) is 26.0 Å². The van der Waals surface area contributed by atoms with Crippen LogP contribution in [0, 0.1) is 0 Å². The molecule has 17 heavy (non-hydrogen) atoms. The molecule has 1 unspecified atom stereocenters. The molecular weight excluding hydrogens is 214 g/mol. The van der Waals surface area contributed by atoms with Gasteiger partial charge in [0.25, 0.3) is 5.91 Å². The van der Waals surface area contributed by atoms with E-state index in [0.717, 1.165) is 6.42 Å². The molecular formula is C14H19NO2. The van der Waals surface area contributed by atoms with E-state index >= 15 is 0 Å². The number of nitrogens with one attached hydrogen (secondary N) is 1. The Balaban J connectivity index is 2.80. The lowest BCUT2D eigenvalue weighted by atomic mass is 10.1. The van der Waals surface area contributed by atoms with Crippen molar-refractivity contribution in [3.05, 3.63) is 42.5 Å². The fourth-order valence-electron chi connectivity index (χ4n) is 1.33. The van der Waals surface area contributed by atoms with Gasteiger partial charge in [0.2, 0.25) is 0 Å². The summed E-state index contributed by atoms with van der Waals surface area (Å²) >= 11 is 0. The topological polar surface area (TPSA) is 38.3 Å². The first kappa shape index (κ1) is 13.3. The zero-order chi connectivity index (χ0) is 12.7. The van der Waals surface area contributed by atoms with Gasteiger partial charge in [0, 0.05) is 6.04 Å². The molecule has 0 aromatic heterocycles. The summed E-state index contributed by atoms with van der Waals surface area (Å²) in [5.74, 6) is 0.493. The fraction of sp³-hybridized carbons (Fsp3) is 0.357. The highest BCUT2D eigenvalue weighted by molar-refractivity contribution is 5.97. The molecule has 0 heterocycles. The van der Waals surface area contributed by atoms with Gasteiger partial charge in [0.15, 0.2) is 0 Å². The first-order valence-electron chi connectivity index (χ1n) is 5.82. The molecule has 1 amide bonds. The Kier molecular flexibility index (Phi) is 5.27. The SMILES string of the molecule is C=CCOc1ccccc1C(=O)NC(C)CC. The van der Waals surface area contributed by atoms with Crippen molar-refractivity contribution in [1.82, 2.24) is 5.32 Å². The predicted molar refractivity (Wildman–Crippen MR) is 69.4 cm³/mol. The minimum Gasteiger partial charge on any atom is -0.489 e. The number of para-hydroxylation sites is 1. The summed E-state index contributed by atoms with van der Waals surface area (Å²) in [5.41, 5.74) is 0.564. The second-order valence-corrected chi connectivity index (χ2v) is 3.88. The Morgan fingerprint density at radius 2 is 2.24 bits per heavy atom. The Morgan fingerprint density at radius 1 is 1.53 bits per heavy atom. The zero-order valence-corrected chi connectivity index (χ0v) is 10.4. The quantitative estimate of drug-likeness (QED) is 0.767. The van der Waals surface area contributed by atoms with Crippen LogP contribution in [-0.2, 0) is 0 Å². The van der Waals surface area contributed by atoms with Crippen molar-refractivity contribution in [2.24, 2.45) is 0 Å². The summed E-state index contributed by atoms with van der Waals surface area (Å²) in [5, 5.41) is 2.92. The number of carbonyl (C=O) groups excluding carboxylic acids is 1. The van der Waals surface area contributed by atoms with Gasteiger partial charge >= 0.3 is 0 Å². The Hall–Kier alpha value is -1.77. The Bertz CT molecular complexity index is 388. The third kappa shape index (κ3) is 3.94. The molecule has 0 aliphatic heterocycles. The zero-order valence-electron chi connectivity index (χ0n) is 10.4. The van der Waals surface area contributed by atoms with Crippen LogP contribution in [0.3, 0.4) is 0 Å². The number of benzene rings is 1. The molecule has 0 bridgehead atoms. The van der Waals surface area contributed by atoms with Gasteiger partial charge in [0.05, 0.1) is 5.56 Å². The Labute approximate surface area is 102 Å². The third-order valence-corrected chi connectivity index (χ3v) is 2.48. The summed E-state index contributed by atoms with van der Waals surface area (Å²) in [6.07, 6.45) is 2.56. The van der Waals surface area contributed by atoms with Crippen molar-refractivity contribution >= 4 is 5.91 Å². The number of ether oxygens (including phenoxy) is 1. The normalized spacial score (nSPS) is 11.6. The molecule has 0 saturated carbocycles. The van der Waals surface area contributed by atoms with Gasteiger partial charge in [-0.15, -0.1) is 0 Å². The molecule has 1 aromatic rings. The summed E-state index contributed by atoms with van der Waals surface area (Å²) in [6.45, 7) is 7.99. The number of hydrogen-bond donors (Lipinski definition) is 1. The van der Waals surface area contributed by atoms with Crippen molar-refractivity contribution in [1.29, 1.82) is 0 Å². The molecule has 1 N–H and O–H groups in total. The fourth-order valence-corrected chi connectivity index (χ4v) is 1.33. The highest BCUT2D eigenvalue weighted by Gasteiger charge is 2.13. The largest absolute Gasteiger partial charge is 0.489 e. The van der Waals surface area contributed by atoms with Crippen molar-refractivity contribution < 1.29 is 9.53 Å². The first-order chi connectivity index (χ1) is 8.19. The van der Waals surface area contributed by atoms with Gasteiger partial charge in [-0.1, -0.05) is 31.7 Å². The van der Waals surface area contributed by atoms with Crippen LogP contribution in [0.1, 0.15) is 30.6 Å². The van der Waals surface area contributed by atoms with Gasteiger partial charge in [-0.25, -0.2) is 0 Å². The van der Waals surface area contributed by atoms with Gasteiger partial charge in [-0.05, 0) is 25.5 Å². The van der Waals surface area contributed by atoms with Crippen LogP contribution in [0.15, 0.2) is 36.9 Å². The van der Waals surface area contributed by atoms with Crippen molar-refractivity contribution in [3.8, 4) is 5.75 Å². The molecule has 3 heteroatoms. The second-order valence-electron chi connectivity index (χ2n) is 3.88. The molecule has 0 fully saturated rings. The molecule has 1 aromatic carbocycles. The number of hydrogen-bond acceptors (Lipinski definition) is 2. The summed E-state index contributed by atoms with van der Waals surface area (Å²) in [4.78, 5) is 12.0. The van der Waals surface area contributed by atoms with E-state index in [-0.39, 0.29) is 11.9 Å². The molecule has 0 aliphatic rings. The average molecular weight is 233 g/mol. The molecule has 0 spiro atoms. The van der Waals surface area contributed by atoms with E-state index in [2.05, 4.69) is 11.9 Å². The van der Waals surface area contributed by atoms with E-state index in [1.54, 1.807) is 18.2 Å². The highest BCUT2D eigenvalue weighted by atomic mass is 16.5. The summed E-state index contributed by atoms with van der Waals surface area (Å²) in [6, 6.07) is 7.38. The van der Waals surface area contributed by atoms with Crippen molar-refractivity contribution in [2.75, 3.05) is 6.61 Å². The van der Waals surface area contributed by atoms with Crippen LogP contribution in [0.2, 0.25) is 0 Å². The predicted octanol–water partition coefficient (Wildman–Crippen LogP) is 2.78. The van der Waals surface area contributed by atoms with Crippen LogP contribution in [0.5, 0.6) is 5.75 Å². The molecule has 0 radical (unpaired) electrons. The molecule has 0 aliphatic carbocycles. The second kappa shape index (κ2) is 6.74. The van der Waals surface area contributed by atoms with Gasteiger partial charge in [-0.2, -0.15) is 0 Å². The molecule has 3 nitrogen and oxygen atoms in total. The van der Waals surface area contributed by atoms with Crippen LogP contribution >= 0.6 is 0 Å². The van der Waals surface area contributed by atoms with E-state index in [4.69, 9.17) is 4.74 Å². The molecule has 1 rings (SSSR count). The summed E-state index contributed by atoms with van der Waals surface area (Å²) < 4.78 is 5.44. The lowest BCUT2D eigenvalue weighted by Gasteiger charge is -2.14. The number of amides is 1. The van der Waals surface area contributed by atoms with Gasteiger partial charge < -0.3 is 10.1 Å². The van der Waals surface area contributed by atoms with Crippen LogP contribution in [-0.4, -0.2) is 18.6 Å². The molecule has 0 saturated heterocycles. The number of carbonyl (C=O) groups is 1. The average Bonchev–Trinajstić information content (AvgIpc) is 2.36. The van der Waals surface area contributed by atoms with Crippen LogP contribution < -0.4 is 10.1 Å². The third-order valence-electron chi connectivity index (χ3n) is 2.48. The minimum absolute atomic E-state index is 0.0981. The maximum atomic E-state index is 12.0. The lowest BCUT2D eigenvalue weighted by molar-refractivity contribution is 0.0935. The Morgan fingerprint density at radius 3 is 2.88 bits per heavy atom. The first-order valence-corrected chi connectivity index (χ1v) is 5.82. The lowest BCUT2D eigenvalue weighted by Crippen LogP contribution is -2.32. The van der Waals surface area contributed by atoms with Gasteiger partial charge in [0.1, 0.15) is 12.4 Å². The smallest absolute Gasteiger partial charge is 0.255 e. The van der Waals surface area contributed by atoms with Crippen LogP contribution in [0.4, 0.5) is 0 Å². The van der Waals surface area contributed by atoms with Crippen molar-refractivity contribution in [2.45, 2.75) is 26.3 Å². The minimum atomic E-state index is -0.0981. The summed E-state index contributed by atoms with van der Waals surface area (Å²) in [7, 11) is 0. The maximum Gasteiger partial charge on any atom is 0.255 e. The van der Waals surface area contributed by atoms with Crippen molar-refractivity contribution in [3.63, 3.8) is 0 Å². The van der Waals surface area contributed by atoms with E-state index in [0.29, 0.717) is 17.9 Å². The van der Waals surface area contributed by atoms with E-state index < -0.39 is 0 Å². The highest BCUT2D eigenvalue weighted by Crippen LogP contribution is 2.18. The monoisotopic (exact) mass is 233 g/mol. The van der Waals surface area contributed by atoms with E-state index in [9.17, 15) is 4.79 Å². The standard InChI is InChI=1S/C14H19NO2/c1-4-10-17-13-9-7-6-8-12(13)14(16)15-11(3)5-2/h4,6-9,11H,1,5,10H2,2-3H3,(H,15,16). The molecule has 1 atom stereocenters. The van der Waals surface area contributed by atoms with Crippen LogP contribution in [0.25, 0.3) is 0 Å². The molecule has 92 valence electrons. The number of rotatable bonds is 6. The van der Waals surface area contributed by atoms with E-state index in [1.165, 1.54) is 0 Å².